The summed E-state index contributed by atoms with van der Waals surface area (Å²) in [5.41, 5.74) is 0.791. The lowest BCUT2D eigenvalue weighted by Gasteiger charge is -2.29. The smallest absolute Gasteiger partial charge is 0.350 e. The first-order valence-electron chi connectivity index (χ1n) is 14.3. The minimum absolute atomic E-state index is 0.391. The maximum Gasteiger partial charge on any atom is 0.350 e. The average molecular weight is 561 g/mol. The molecule has 6 nitrogen and oxygen atoms in total. The van der Waals surface area contributed by atoms with Crippen molar-refractivity contribution >= 4 is 18.2 Å². The first kappa shape index (κ1) is 36.3. The number of ether oxygens (including phenoxy) is 2. The number of benzene rings is 1. The summed E-state index contributed by atoms with van der Waals surface area (Å²) in [5.74, 6) is 0.897. The fourth-order valence-corrected chi connectivity index (χ4v) is 3.52. The molecule has 1 heterocycles. The summed E-state index contributed by atoms with van der Waals surface area (Å²) in [7, 11) is 0. The van der Waals surface area contributed by atoms with E-state index in [1.807, 2.05) is 79.7 Å². The van der Waals surface area contributed by atoms with Crippen molar-refractivity contribution in [2.24, 2.45) is 0 Å². The van der Waals surface area contributed by atoms with Gasteiger partial charge in [-0.05, 0) is 103 Å². The van der Waals surface area contributed by atoms with Crippen LogP contribution in [-0.2, 0) is 28.9 Å². The quantitative estimate of drug-likeness (QED) is 0.146. The molecule has 0 aliphatic carbocycles. The molecule has 0 unspecified atom stereocenters. The maximum atomic E-state index is 12.4. The van der Waals surface area contributed by atoms with Crippen molar-refractivity contribution in [2.75, 3.05) is 0 Å². The summed E-state index contributed by atoms with van der Waals surface area (Å²) >= 11 is 5.37. The highest BCUT2D eigenvalue weighted by Gasteiger charge is 2.34. The van der Waals surface area contributed by atoms with E-state index in [9.17, 15) is 4.79 Å². The molecule has 0 saturated carbocycles. The molecule has 0 spiro atoms. The Morgan fingerprint density at radius 1 is 1.03 bits per heavy atom. The highest BCUT2D eigenvalue weighted by molar-refractivity contribution is 7.71. The molecule has 0 fully saturated rings. The van der Waals surface area contributed by atoms with E-state index < -0.39 is 17.2 Å². The number of carbonyl (C=O) groups is 1. The zero-order valence-electron chi connectivity index (χ0n) is 26.2. The van der Waals surface area contributed by atoms with Crippen LogP contribution in [0.3, 0.4) is 0 Å². The van der Waals surface area contributed by atoms with E-state index in [0.717, 1.165) is 25.7 Å². The number of aromatic nitrogens is 2. The standard InChI is InChI=1S/C28H40N2O4S.2C2H6/c1-8-10-11-13-21(9-2)20-30-26(35)32-24(29-30)15-12-14-22-16-18-23(19-17-22)33-28(6,7)25(31)34-27(3,4)5;2*1-2/h9-11,16-19H,8,12-15,20H2,1-7H3;2*1-2H3/b11-10-,21-9+;;. The molecule has 0 aliphatic rings. The maximum absolute atomic E-state index is 12.4. The monoisotopic (exact) mass is 560 g/mol. The Bertz CT molecular complexity index is 1070. The number of allylic oxidation sites excluding steroid dienone is 4. The fraction of sp³-hybridized carbons (Fsp3) is 0.594. The fourth-order valence-electron chi connectivity index (χ4n) is 3.32. The molecule has 0 N–H and O–H groups in total. The van der Waals surface area contributed by atoms with Gasteiger partial charge in [-0.25, -0.2) is 9.48 Å². The van der Waals surface area contributed by atoms with Gasteiger partial charge < -0.3 is 13.9 Å². The molecule has 0 aliphatic heterocycles. The number of rotatable bonds is 12. The van der Waals surface area contributed by atoms with Crippen molar-refractivity contribution < 1.29 is 18.7 Å². The molecule has 0 bridgehead atoms. The predicted molar refractivity (Wildman–Crippen MR) is 165 cm³/mol. The third-order valence-electron chi connectivity index (χ3n) is 5.23. The number of aryl methyl sites for hydroxylation is 2. The lowest BCUT2D eigenvalue weighted by atomic mass is 10.1. The van der Waals surface area contributed by atoms with Gasteiger partial charge in [0.25, 0.3) is 4.84 Å². The molecule has 220 valence electrons. The van der Waals surface area contributed by atoms with Gasteiger partial charge in [0, 0.05) is 6.42 Å². The van der Waals surface area contributed by atoms with Crippen molar-refractivity contribution in [3.63, 3.8) is 0 Å². The second-order valence-electron chi connectivity index (χ2n) is 10.1. The van der Waals surface area contributed by atoms with Crippen LogP contribution in [0.5, 0.6) is 5.75 Å². The van der Waals surface area contributed by atoms with Gasteiger partial charge in [0.2, 0.25) is 5.89 Å². The first-order chi connectivity index (χ1) is 18.4. The largest absolute Gasteiger partial charge is 0.476 e. The number of nitrogens with zero attached hydrogens (tertiary/aromatic N) is 2. The zero-order valence-corrected chi connectivity index (χ0v) is 27.0. The molecule has 2 aromatic rings. The second-order valence-corrected chi connectivity index (χ2v) is 10.4. The minimum atomic E-state index is -1.07. The summed E-state index contributed by atoms with van der Waals surface area (Å²) in [4.78, 5) is 12.8. The highest BCUT2D eigenvalue weighted by Crippen LogP contribution is 2.23. The van der Waals surface area contributed by atoms with Crippen LogP contribution in [0.4, 0.5) is 0 Å². The van der Waals surface area contributed by atoms with Crippen LogP contribution in [0.25, 0.3) is 0 Å². The molecule has 2 rings (SSSR count). The van der Waals surface area contributed by atoms with Crippen molar-refractivity contribution in [3.05, 3.63) is 64.4 Å². The summed E-state index contributed by atoms with van der Waals surface area (Å²) in [6, 6.07) is 7.79. The van der Waals surface area contributed by atoms with Crippen molar-refractivity contribution in [3.8, 4) is 5.75 Å². The third-order valence-corrected chi connectivity index (χ3v) is 5.53. The van der Waals surface area contributed by atoms with Gasteiger partial charge in [0.05, 0.1) is 6.54 Å². The molecule has 0 radical (unpaired) electrons. The minimum Gasteiger partial charge on any atom is -0.476 e. The van der Waals surface area contributed by atoms with E-state index in [2.05, 4.69) is 30.3 Å². The van der Waals surface area contributed by atoms with Gasteiger partial charge in [0.1, 0.15) is 11.4 Å². The summed E-state index contributed by atoms with van der Waals surface area (Å²) in [6.07, 6.45) is 10.8. The molecular formula is C32H52N2O4S. The Kier molecular flexibility index (Phi) is 17.3. The lowest BCUT2D eigenvalue weighted by molar-refractivity contribution is -0.170. The van der Waals surface area contributed by atoms with Crippen LogP contribution in [0.2, 0.25) is 0 Å². The number of hydrogen-bond donors (Lipinski definition) is 0. The normalized spacial score (nSPS) is 11.8. The van der Waals surface area contributed by atoms with E-state index in [1.165, 1.54) is 11.1 Å². The Balaban J connectivity index is 0.00000344. The van der Waals surface area contributed by atoms with Gasteiger partial charge in [-0.1, -0.05) is 65.0 Å². The Hall–Kier alpha value is -2.67. The molecule has 39 heavy (non-hydrogen) atoms. The SMILES string of the molecule is C/C=C(\C/C=C\CC)Cn1nc(CCCc2ccc(OC(C)(C)C(=O)OC(C)(C)C)cc2)oc1=S.CC.CC. The summed E-state index contributed by atoms with van der Waals surface area (Å²) in [6.45, 7) is 21.8. The van der Waals surface area contributed by atoms with E-state index in [4.69, 9.17) is 26.1 Å². The summed E-state index contributed by atoms with van der Waals surface area (Å²) < 4.78 is 18.8. The van der Waals surface area contributed by atoms with Gasteiger partial charge in [0.15, 0.2) is 5.60 Å². The number of esters is 1. The van der Waals surface area contributed by atoms with Crippen LogP contribution < -0.4 is 4.74 Å². The van der Waals surface area contributed by atoms with Crippen LogP contribution in [0.1, 0.15) is 107 Å². The topological polar surface area (TPSA) is 66.5 Å². The molecule has 0 saturated heterocycles. The van der Waals surface area contributed by atoms with Crippen LogP contribution in [0.15, 0.2) is 52.5 Å². The first-order valence-corrected chi connectivity index (χ1v) is 14.7. The van der Waals surface area contributed by atoms with E-state index >= 15 is 0 Å². The number of hydrogen-bond acceptors (Lipinski definition) is 6. The third kappa shape index (κ3) is 14.3. The molecule has 7 heteroatoms. The Morgan fingerprint density at radius 3 is 2.18 bits per heavy atom. The van der Waals surface area contributed by atoms with Gasteiger partial charge in [-0.3, -0.25) is 0 Å². The van der Waals surface area contributed by atoms with Crippen LogP contribution in [0, 0.1) is 4.84 Å². The highest BCUT2D eigenvalue weighted by atomic mass is 32.1. The van der Waals surface area contributed by atoms with Crippen LogP contribution >= 0.6 is 12.2 Å². The zero-order chi connectivity index (χ0) is 30.1. The average Bonchev–Trinajstić information content (AvgIpc) is 3.24. The van der Waals surface area contributed by atoms with E-state index in [-0.39, 0.29) is 0 Å². The number of carbonyl (C=O) groups excluding carboxylic acids is 1. The van der Waals surface area contributed by atoms with Gasteiger partial charge >= 0.3 is 5.97 Å². The van der Waals surface area contributed by atoms with Crippen molar-refractivity contribution in [1.29, 1.82) is 0 Å². The van der Waals surface area contributed by atoms with Crippen molar-refractivity contribution in [1.82, 2.24) is 9.78 Å². The van der Waals surface area contributed by atoms with Gasteiger partial charge in [-0.2, -0.15) is 0 Å². The Morgan fingerprint density at radius 2 is 1.64 bits per heavy atom. The molecular weight excluding hydrogens is 508 g/mol. The molecule has 1 aromatic heterocycles. The second kappa shape index (κ2) is 18.6. The Labute approximate surface area is 242 Å². The van der Waals surface area contributed by atoms with Gasteiger partial charge in [-0.15, -0.1) is 5.10 Å². The molecule has 0 amide bonds. The van der Waals surface area contributed by atoms with E-state index in [0.29, 0.717) is 29.4 Å². The van der Waals surface area contributed by atoms with E-state index in [1.54, 1.807) is 18.5 Å². The van der Waals surface area contributed by atoms with Crippen LogP contribution in [-0.4, -0.2) is 27.0 Å². The molecule has 1 aromatic carbocycles. The van der Waals surface area contributed by atoms with Crippen molar-refractivity contribution in [2.45, 2.75) is 126 Å². The predicted octanol–water partition coefficient (Wildman–Crippen LogP) is 9.23. The lowest BCUT2D eigenvalue weighted by Crippen LogP contribution is -2.43. The summed E-state index contributed by atoms with van der Waals surface area (Å²) in [5, 5.41) is 4.57. The molecule has 0 atom stereocenters.